The van der Waals surface area contributed by atoms with Crippen LogP contribution >= 0.6 is 0 Å². The first-order chi connectivity index (χ1) is 14.5. The van der Waals surface area contributed by atoms with Crippen LogP contribution in [-0.4, -0.2) is 51.7 Å². The van der Waals surface area contributed by atoms with Crippen LogP contribution in [0.3, 0.4) is 0 Å². The monoisotopic (exact) mass is 416 g/mol. The molecule has 0 spiro atoms. The van der Waals surface area contributed by atoms with Gasteiger partial charge in [-0.05, 0) is 38.9 Å². The van der Waals surface area contributed by atoms with E-state index in [-0.39, 0.29) is 24.0 Å². The van der Waals surface area contributed by atoms with Gasteiger partial charge in [-0.2, -0.15) is 0 Å². The maximum Gasteiger partial charge on any atom is 0.355 e. The van der Waals surface area contributed by atoms with Crippen molar-refractivity contribution < 1.29 is 28.5 Å². The molecule has 8 nitrogen and oxygen atoms in total. The van der Waals surface area contributed by atoms with E-state index in [0.717, 1.165) is 12.8 Å². The molecular formula is C22H28N2O6. The van der Waals surface area contributed by atoms with E-state index in [1.807, 2.05) is 0 Å². The van der Waals surface area contributed by atoms with Gasteiger partial charge in [-0.3, -0.25) is 4.79 Å². The number of Topliss-reactive ketones (excluding diaryl/α,β-unsaturated/α-hetero) is 1. The Hall–Kier alpha value is -3.00. The fourth-order valence-electron chi connectivity index (χ4n) is 3.61. The number of hydrogen-bond donors (Lipinski definition) is 2. The zero-order valence-corrected chi connectivity index (χ0v) is 18.0. The van der Waals surface area contributed by atoms with Crippen molar-refractivity contribution in [3.8, 4) is 28.4 Å². The van der Waals surface area contributed by atoms with E-state index in [0.29, 0.717) is 46.2 Å². The van der Waals surface area contributed by atoms with E-state index in [4.69, 9.17) is 18.9 Å². The second kappa shape index (κ2) is 9.21. The van der Waals surface area contributed by atoms with Gasteiger partial charge in [-0.15, -0.1) is 0 Å². The molecule has 1 heterocycles. The van der Waals surface area contributed by atoms with Crippen molar-refractivity contribution in [2.75, 3.05) is 35.0 Å². The molecule has 3 rings (SSSR count). The number of esters is 1. The van der Waals surface area contributed by atoms with Gasteiger partial charge in [-0.25, -0.2) is 4.79 Å². The normalized spacial score (nSPS) is 13.1. The van der Waals surface area contributed by atoms with Gasteiger partial charge in [0.05, 0.1) is 33.5 Å². The molecule has 30 heavy (non-hydrogen) atoms. The number of H-pyrrole nitrogens is 1. The summed E-state index contributed by atoms with van der Waals surface area (Å²) in [5.74, 6) is 0.643. The predicted octanol–water partition coefficient (Wildman–Crippen LogP) is 3.20. The molecule has 0 radical (unpaired) electrons. The van der Waals surface area contributed by atoms with E-state index < -0.39 is 5.97 Å². The van der Waals surface area contributed by atoms with Crippen molar-refractivity contribution in [1.29, 1.82) is 0 Å². The average Bonchev–Trinajstić information content (AvgIpc) is 3.53. The van der Waals surface area contributed by atoms with Gasteiger partial charge >= 0.3 is 5.97 Å². The van der Waals surface area contributed by atoms with Gasteiger partial charge in [0.15, 0.2) is 17.3 Å². The molecule has 1 aromatic carbocycles. The number of benzene rings is 1. The smallest absolute Gasteiger partial charge is 0.355 e. The molecule has 162 valence electrons. The van der Waals surface area contributed by atoms with Gasteiger partial charge in [-0.1, -0.05) is 0 Å². The summed E-state index contributed by atoms with van der Waals surface area (Å²) in [5.41, 5.74) is 2.45. The third kappa shape index (κ3) is 3.87. The number of aromatic amines is 1. The molecule has 1 aliphatic rings. The molecular weight excluding hydrogens is 388 g/mol. The number of rotatable bonds is 10. The van der Waals surface area contributed by atoms with E-state index in [1.54, 1.807) is 33.2 Å². The van der Waals surface area contributed by atoms with E-state index in [9.17, 15) is 9.59 Å². The van der Waals surface area contributed by atoms with Crippen LogP contribution in [0.25, 0.3) is 11.1 Å². The Kier molecular flexibility index (Phi) is 6.66. The first-order valence-electron chi connectivity index (χ1n) is 9.92. The average molecular weight is 416 g/mol. The van der Waals surface area contributed by atoms with Crippen LogP contribution in [0, 0.1) is 5.92 Å². The first-order valence-corrected chi connectivity index (χ1v) is 9.92. The second-order valence-electron chi connectivity index (χ2n) is 7.00. The lowest BCUT2D eigenvalue weighted by Crippen LogP contribution is -2.13. The Balaban J connectivity index is 2.32. The minimum atomic E-state index is -0.551. The highest BCUT2D eigenvalue weighted by Gasteiger charge is 2.38. The second-order valence-corrected chi connectivity index (χ2v) is 7.00. The third-order valence-electron chi connectivity index (χ3n) is 5.08. The van der Waals surface area contributed by atoms with Gasteiger partial charge < -0.3 is 29.2 Å². The van der Waals surface area contributed by atoms with Crippen molar-refractivity contribution in [2.24, 2.45) is 5.92 Å². The summed E-state index contributed by atoms with van der Waals surface area (Å²) in [4.78, 5) is 29.1. The Morgan fingerprint density at radius 1 is 1.10 bits per heavy atom. The van der Waals surface area contributed by atoms with Crippen molar-refractivity contribution in [1.82, 2.24) is 10.3 Å². The number of aromatic nitrogens is 1. The summed E-state index contributed by atoms with van der Waals surface area (Å²) in [6.07, 6.45) is 1.63. The van der Waals surface area contributed by atoms with Crippen LogP contribution in [0.1, 0.15) is 46.3 Å². The number of carbonyl (C=O) groups excluding carboxylic acids is 2. The fourth-order valence-corrected chi connectivity index (χ4v) is 3.61. The number of nitrogens with one attached hydrogen (secondary N) is 2. The molecule has 0 atom stereocenters. The Morgan fingerprint density at radius 2 is 1.80 bits per heavy atom. The van der Waals surface area contributed by atoms with Crippen molar-refractivity contribution in [2.45, 2.75) is 26.3 Å². The van der Waals surface area contributed by atoms with Gasteiger partial charge in [0.25, 0.3) is 0 Å². The van der Waals surface area contributed by atoms with E-state index >= 15 is 0 Å². The molecule has 0 amide bonds. The molecule has 1 saturated carbocycles. The molecule has 1 aliphatic carbocycles. The maximum absolute atomic E-state index is 13.3. The van der Waals surface area contributed by atoms with Crippen LogP contribution in [0.2, 0.25) is 0 Å². The SMILES string of the molecule is CCOC(=O)c1[nH]c(CNC)c(-c2ccc(OC)c(OC)c2OC)c1C(=O)C1CC1. The number of carbonyl (C=O) groups is 2. The topological polar surface area (TPSA) is 98.9 Å². The largest absolute Gasteiger partial charge is 0.493 e. The lowest BCUT2D eigenvalue weighted by Gasteiger charge is -2.17. The fraction of sp³-hybridized carbons (Fsp3) is 0.455. The number of ether oxygens (including phenoxy) is 4. The Morgan fingerprint density at radius 3 is 2.33 bits per heavy atom. The highest BCUT2D eigenvalue weighted by Crippen LogP contribution is 2.48. The molecule has 2 N–H and O–H groups in total. The minimum absolute atomic E-state index is 0.0662. The summed E-state index contributed by atoms with van der Waals surface area (Å²) in [6, 6.07) is 3.56. The molecule has 1 fully saturated rings. The molecule has 0 bridgehead atoms. The van der Waals surface area contributed by atoms with E-state index in [2.05, 4.69) is 10.3 Å². The van der Waals surface area contributed by atoms with Crippen LogP contribution in [0.15, 0.2) is 12.1 Å². The summed E-state index contributed by atoms with van der Waals surface area (Å²) in [5, 5.41) is 3.09. The zero-order valence-electron chi connectivity index (χ0n) is 18.0. The molecule has 2 aromatic rings. The molecule has 1 aromatic heterocycles. The van der Waals surface area contributed by atoms with Crippen LogP contribution in [0.5, 0.6) is 17.2 Å². The standard InChI is InChI=1S/C22H28N2O6/c1-6-30-22(26)18-17(19(25)12-7-8-12)16(14(24-18)11-23-2)13-9-10-15(27-3)21(29-5)20(13)28-4/h9-10,12,23-24H,6-8,11H2,1-5H3. The predicted molar refractivity (Wildman–Crippen MR) is 112 cm³/mol. The maximum atomic E-state index is 13.3. The third-order valence-corrected chi connectivity index (χ3v) is 5.08. The quantitative estimate of drug-likeness (QED) is 0.453. The summed E-state index contributed by atoms with van der Waals surface area (Å²) >= 11 is 0. The van der Waals surface area contributed by atoms with Crippen molar-refractivity contribution >= 4 is 11.8 Å². The zero-order chi connectivity index (χ0) is 21.8. The van der Waals surface area contributed by atoms with Gasteiger partial charge in [0.2, 0.25) is 5.75 Å². The molecule has 8 heteroatoms. The van der Waals surface area contributed by atoms with Crippen LogP contribution < -0.4 is 19.5 Å². The first kappa shape index (κ1) is 21.7. The Labute approximate surface area is 175 Å². The number of methoxy groups -OCH3 is 3. The van der Waals surface area contributed by atoms with Crippen molar-refractivity contribution in [3.63, 3.8) is 0 Å². The molecule has 0 unspecified atom stereocenters. The van der Waals surface area contributed by atoms with Gasteiger partial charge in [0.1, 0.15) is 5.69 Å². The lowest BCUT2D eigenvalue weighted by atomic mass is 9.94. The Bertz CT molecular complexity index is 946. The van der Waals surface area contributed by atoms with E-state index in [1.165, 1.54) is 14.2 Å². The summed E-state index contributed by atoms with van der Waals surface area (Å²) in [6.45, 7) is 2.36. The molecule has 0 saturated heterocycles. The lowest BCUT2D eigenvalue weighted by molar-refractivity contribution is 0.0516. The van der Waals surface area contributed by atoms with Crippen molar-refractivity contribution in [3.05, 3.63) is 29.1 Å². The number of ketones is 1. The summed E-state index contributed by atoms with van der Waals surface area (Å²) < 4.78 is 21.8. The highest BCUT2D eigenvalue weighted by molar-refractivity contribution is 6.13. The summed E-state index contributed by atoms with van der Waals surface area (Å²) in [7, 11) is 6.39. The van der Waals surface area contributed by atoms with Crippen LogP contribution in [0.4, 0.5) is 0 Å². The number of hydrogen-bond acceptors (Lipinski definition) is 7. The molecule has 0 aliphatic heterocycles. The minimum Gasteiger partial charge on any atom is -0.493 e. The van der Waals surface area contributed by atoms with Crippen LogP contribution in [-0.2, 0) is 11.3 Å². The van der Waals surface area contributed by atoms with Gasteiger partial charge in [0, 0.05) is 29.3 Å². The highest BCUT2D eigenvalue weighted by atomic mass is 16.5.